The van der Waals surface area contributed by atoms with Crippen LogP contribution in [0.25, 0.3) is 0 Å². The van der Waals surface area contributed by atoms with Gasteiger partial charge in [0.1, 0.15) is 6.10 Å². The van der Waals surface area contributed by atoms with Crippen LogP contribution in [0.3, 0.4) is 0 Å². The number of epoxide rings is 1. The number of hydrogen-bond acceptors (Lipinski definition) is 3. The van der Waals surface area contributed by atoms with Gasteiger partial charge in [-0.05, 0) is 22.0 Å². The molecule has 1 saturated heterocycles. The fraction of sp³-hybridized carbons (Fsp3) is 0.375. The number of hydrogen-bond donors (Lipinski definition) is 0. The molecule has 1 fully saturated rings. The predicted octanol–water partition coefficient (Wildman–Crippen LogP) is 1.92. The number of halogens is 1. The van der Waals surface area contributed by atoms with Crippen LogP contribution >= 0.6 is 15.9 Å². The van der Waals surface area contributed by atoms with E-state index in [1.807, 2.05) is 6.07 Å². The van der Waals surface area contributed by atoms with Crippen molar-refractivity contribution in [3.05, 3.63) is 22.3 Å². The van der Waals surface area contributed by atoms with E-state index in [-0.39, 0.29) is 6.10 Å². The van der Waals surface area contributed by atoms with Crippen LogP contribution in [0.4, 0.5) is 0 Å². The zero-order valence-corrected chi connectivity index (χ0v) is 8.17. The molecule has 1 aromatic heterocycles. The van der Waals surface area contributed by atoms with Gasteiger partial charge in [0, 0.05) is 16.2 Å². The summed E-state index contributed by atoms with van der Waals surface area (Å²) < 4.78 is 11.2. The highest BCUT2D eigenvalue weighted by atomic mass is 79.9. The molecule has 0 aromatic carbocycles. The Kier molecular flexibility index (Phi) is 2.02. The average molecular weight is 230 g/mol. The molecule has 2 rings (SSSR count). The summed E-state index contributed by atoms with van der Waals surface area (Å²) in [5.41, 5.74) is 1.02. The number of aromatic nitrogens is 1. The van der Waals surface area contributed by atoms with Crippen molar-refractivity contribution < 1.29 is 9.47 Å². The molecule has 1 unspecified atom stereocenters. The second kappa shape index (κ2) is 3.03. The van der Waals surface area contributed by atoms with Gasteiger partial charge in [0.2, 0.25) is 5.88 Å². The van der Waals surface area contributed by atoms with Gasteiger partial charge in [0.25, 0.3) is 0 Å². The molecule has 0 saturated carbocycles. The number of ether oxygens (including phenoxy) is 2. The predicted molar refractivity (Wildman–Crippen MR) is 47.2 cm³/mol. The largest absolute Gasteiger partial charge is 0.481 e. The Morgan fingerprint density at radius 1 is 1.75 bits per heavy atom. The maximum Gasteiger partial charge on any atom is 0.219 e. The van der Waals surface area contributed by atoms with Crippen molar-refractivity contribution in [3.8, 4) is 5.88 Å². The van der Waals surface area contributed by atoms with Gasteiger partial charge < -0.3 is 9.47 Å². The molecule has 0 radical (unpaired) electrons. The van der Waals surface area contributed by atoms with E-state index in [1.165, 1.54) is 0 Å². The van der Waals surface area contributed by atoms with Gasteiger partial charge in [-0.1, -0.05) is 0 Å². The summed E-state index contributed by atoms with van der Waals surface area (Å²) in [5.74, 6) is 0.653. The monoisotopic (exact) mass is 229 g/mol. The number of rotatable bonds is 2. The molecule has 0 amide bonds. The van der Waals surface area contributed by atoms with Crippen molar-refractivity contribution in [3.63, 3.8) is 0 Å². The summed E-state index contributed by atoms with van der Waals surface area (Å²) in [5, 5.41) is 0. The van der Waals surface area contributed by atoms with Crippen LogP contribution in [0.2, 0.25) is 0 Å². The van der Waals surface area contributed by atoms with Crippen LogP contribution in [-0.4, -0.2) is 18.7 Å². The molecule has 0 aliphatic carbocycles. The summed E-state index contributed by atoms with van der Waals surface area (Å²) in [7, 11) is 1.61. The number of nitrogens with zero attached hydrogens (tertiary/aromatic N) is 1. The van der Waals surface area contributed by atoms with E-state index in [4.69, 9.17) is 9.47 Å². The molecular formula is C8H8BrNO2. The second-order valence-corrected chi connectivity index (χ2v) is 3.49. The first-order valence-corrected chi connectivity index (χ1v) is 4.41. The number of methoxy groups -OCH3 is 1. The highest BCUT2D eigenvalue weighted by Crippen LogP contribution is 2.36. The highest BCUT2D eigenvalue weighted by Gasteiger charge is 2.28. The average Bonchev–Trinajstić information content (AvgIpc) is 2.87. The molecule has 4 heteroatoms. The molecule has 1 aromatic rings. The summed E-state index contributed by atoms with van der Waals surface area (Å²) in [6.07, 6.45) is 1.90. The standard InChI is InChI=1S/C8H8BrNO2/c1-11-8-6(7-4-12-7)2-5(9)3-10-8/h2-3,7H,4H2,1H3. The molecule has 12 heavy (non-hydrogen) atoms. The van der Waals surface area contributed by atoms with Crippen molar-refractivity contribution in [2.45, 2.75) is 6.10 Å². The summed E-state index contributed by atoms with van der Waals surface area (Å²) in [6.45, 7) is 0.772. The topological polar surface area (TPSA) is 34.6 Å². The SMILES string of the molecule is COc1ncc(Br)cc1C1CO1. The lowest BCUT2D eigenvalue weighted by Gasteiger charge is -2.03. The maximum atomic E-state index is 5.15. The van der Waals surface area contributed by atoms with Gasteiger partial charge in [-0.15, -0.1) is 0 Å². The summed E-state index contributed by atoms with van der Waals surface area (Å²) in [6, 6.07) is 1.98. The third kappa shape index (κ3) is 1.44. The third-order valence-corrected chi connectivity index (χ3v) is 2.15. The van der Waals surface area contributed by atoms with Crippen molar-refractivity contribution in [1.29, 1.82) is 0 Å². The second-order valence-electron chi connectivity index (χ2n) is 2.57. The van der Waals surface area contributed by atoms with E-state index in [2.05, 4.69) is 20.9 Å². The van der Waals surface area contributed by atoms with Gasteiger partial charge in [-0.2, -0.15) is 0 Å². The first-order valence-electron chi connectivity index (χ1n) is 3.62. The minimum Gasteiger partial charge on any atom is -0.481 e. The Bertz CT molecular complexity index is 299. The molecule has 1 atom stereocenters. The van der Waals surface area contributed by atoms with Crippen LogP contribution in [0.15, 0.2) is 16.7 Å². The molecular weight excluding hydrogens is 222 g/mol. The van der Waals surface area contributed by atoms with Gasteiger partial charge in [0.15, 0.2) is 0 Å². The smallest absolute Gasteiger partial charge is 0.219 e. The Morgan fingerprint density at radius 3 is 3.08 bits per heavy atom. The zero-order chi connectivity index (χ0) is 8.55. The maximum absolute atomic E-state index is 5.15. The molecule has 1 aliphatic heterocycles. The van der Waals surface area contributed by atoms with Crippen molar-refractivity contribution in [2.24, 2.45) is 0 Å². The minimum absolute atomic E-state index is 0.185. The van der Waals surface area contributed by atoms with Gasteiger partial charge in [-0.3, -0.25) is 0 Å². The van der Waals surface area contributed by atoms with E-state index in [0.29, 0.717) is 5.88 Å². The van der Waals surface area contributed by atoms with Crippen LogP contribution in [0.5, 0.6) is 5.88 Å². The van der Waals surface area contributed by atoms with Crippen molar-refractivity contribution in [1.82, 2.24) is 4.98 Å². The first-order chi connectivity index (χ1) is 5.81. The lowest BCUT2D eigenvalue weighted by Crippen LogP contribution is -1.93. The lowest BCUT2D eigenvalue weighted by molar-refractivity contribution is 0.371. The van der Waals surface area contributed by atoms with Gasteiger partial charge >= 0.3 is 0 Å². The Morgan fingerprint density at radius 2 is 2.50 bits per heavy atom. The Labute approximate surface area is 78.8 Å². The highest BCUT2D eigenvalue weighted by molar-refractivity contribution is 9.10. The lowest BCUT2D eigenvalue weighted by atomic mass is 10.2. The Balaban J connectivity index is 2.39. The normalized spacial score (nSPS) is 20.7. The van der Waals surface area contributed by atoms with E-state index in [1.54, 1.807) is 13.3 Å². The molecule has 64 valence electrons. The van der Waals surface area contributed by atoms with Gasteiger partial charge in [0.05, 0.1) is 13.7 Å². The fourth-order valence-corrected chi connectivity index (χ4v) is 1.42. The van der Waals surface area contributed by atoms with Crippen LogP contribution in [-0.2, 0) is 4.74 Å². The quantitative estimate of drug-likeness (QED) is 0.728. The van der Waals surface area contributed by atoms with Crippen LogP contribution in [0.1, 0.15) is 11.7 Å². The first kappa shape index (κ1) is 8.01. The van der Waals surface area contributed by atoms with Crippen molar-refractivity contribution in [2.75, 3.05) is 13.7 Å². The van der Waals surface area contributed by atoms with E-state index in [0.717, 1.165) is 16.6 Å². The number of pyridine rings is 1. The minimum atomic E-state index is 0.185. The molecule has 2 heterocycles. The third-order valence-electron chi connectivity index (χ3n) is 1.72. The van der Waals surface area contributed by atoms with E-state index >= 15 is 0 Å². The summed E-state index contributed by atoms with van der Waals surface area (Å²) in [4.78, 5) is 4.11. The fourth-order valence-electron chi connectivity index (χ4n) is 1.07. The Hall–Kier alpha value is -0.610. The van der Waals surface area contributed by atoms with Crippen LogP contribution < -0.4 is 4.74 Å². The summed E-state index contributed by atoms with van der Waals surface area (Å²) >= 11 is 3.35. The molecule has 1 aliphatic rings. The molecule has 0 spiro atoms. The van der Waals surface area contributed by atoms with Gasteiger partial charge in [-0.25, -0.2) is 4.98 Å². The van der Waals surface area contributed by atoms with E-state index < -0.39 is 0 Å². The zero-order valence-electron chi connectivity index (χ0n) is 6.58. The van der Waals surface area contributed by atoms with Crippen molar-refractivity contribution >= 4 is 15.9 Å². The van der Waals surface area contributed by atoms with Crippen LogP contribution in [0, 0.1) is 0 Å². The molecule has 3 nitrogen and oxygen atoms in total. The molecule has 0 bridgehead atoms. The molecule has 0 N–H and O–H groups in total. The van der Waals surface area contributed by atoms with E-state index in [9.17, 15) is 0 Å².